The second kappa shape index (κ2) is 6.71. The Balaban J connectivity index is 2.74. The number of benzene rings is 1. The fourth-order valence-corrected chi connectivity index (χ4v) is 2.31. The van der Waals surface area contributed by atoms with Crippen molar-refractivity contribution in [2.45, 2.75) is 58.7 Å². The SMILES string of the molecule is Cc1ccc(F)c(OC(C)CC(C)(C#N)NC(C)C)c1. The second-order valence-corrected chi connectivity index (χ2v) is 5.81. The minimum atomic E-state index is -0.687. The van der Waals surface area contributed by atoms with E-state index in [0.29, 0.717) is 6.42 Å². The smallest absolute Gasteiger partial charge is 0.165 e. The lowest BCUT2D eigenvalue weighted by Gasteiger charge is -2.29. The van der Waals surface area contributed by atoms with Crippen molar-refractivity contribution >= 4 is 0 Å². The van der Waals surface area contributed by atoms with Crippen LogP contribution in [0, 0.1) is 24.1 Å². The number of nitrogens with one attached hydrogen (secondary N) is 1. The molecule has 1 aromatic rings. The highest BCUT2D eigenvalue weighted by molar-refractivity contribution is 5.29. The van der Waals surface area contributed by atoms with E-state index in [2.05, 4.69) is 11.4 Å². The molecule has 0 aliphatic heterocycles. The van der Waals surface area contributed by atoms with Gasteiger partial charge in [0.1, 0.15) is 5.54 Å². The Morgan fingerprint density at radius 2 is 2.05 bits per heavy atom. The molecular formula is C16H23FN2O. The number of aryl methyl sites for hydroxylation is 1. The molecule has 0 saturated heterocycles. The van der Waals surface area contributed by atoms with Gasteiger partial charge in [-0.1, -0.05) is 6.07 Å². The molecule has 4 heteroatoms. The molecule has 0 bridgehead atoms. The predicted molar refractivity (Wildman–Crippen MR) is 78.1 cm³/mol. The Bertz CT molecular complexity index is 496. The lowest BCUT2D eigenvalue weighted by Crippen LogP contribution is -2.47. The van der Waals surface area contributed by atoms with Crippen LogP contribution in [-0.4, -0.2) is 17.7 Å². The lowest BCUT2D eigenvalue weighted by atomic mass is 9.95. The minimum absolute atomic E-state index is 0.197. The van der Waals surface area contributed by atoms with Crippen LogP contribution in [0.15, 0.2) is 18.2 Å². The van der Waals surface area contributed by atoms with Crippen molar-refractivity contribution in [3.05, 3.63) is 29.6 Å². The highest BCUT2D eigenvalue weighted by atomic mass is 19.1. The van der Waals surface area contributed by atoms with Gasteiger partial charge in [-0.25, -0.2) is 4.39 Å². The highest BCUT2D eigenvalue weighted by Gasteiger charge is 2.28. The first kappa shape index (κ1) is 16.5. The van der Waals surface area contributed by atoms with E-state index >= 15 is 0 Å². The van der Waals surface area contributed by atoms with Crippen LogP contribution in [-0.2, 0) is 0 Å². The number of rotatable bonds is 6. The number of nitriles is 1. The van der Waals surface area contributed by atoms with Crippen LogP contribution in [0.2, 0.25) is 0 Å². The number of nitrogens with zero attached hydrogens (tertiary/aromatic N) is 1. The van der Waals surface area contributed by atoms with E-state index in [1.54, 1.807) is 12.1 Å². The van der Waals surface area contributed by atoms with Crippen LogP contribution in [0.1, 0.15) is 39.7 Å². The first-order chi connectivity index (χ1) is 9.25. The largest absolute Gasteiger partial charge is 0.488 e. The van der Waals surface area contributed by atoms with E-state index in [9.17, 15) is 9.65 Å². The average molecular weight is 278 g/mol. The fraction of sp³-hybridized carbons (Fsp3) is 0.562. The summed E-state index contributed by atoms with van der Waals surface area (Å²) in [6.07, 6.45) is 0.219. The van der Waals surface area contributed by atoms with Gasteiger partial charge in [-0.05, 0) is 52.3 Å². The molecule has 0 saturated carbocycles. The number of ether oxygens (including phenoxy) is 1. The first-order valence-corrected chi connectivity index (χ1v) is 6.87. The quantitative estimate of drug-likeness (QED) is 0.865. The van der Waals surface area contributed by atoms with Crippen molar-refractivity contribution in [1.29, 1.82) is 5.26 Å². The Kier molecular flexibility index (Phi) is 5.52. The van der Waals surface area contributed by atoms with Gasteiger partial charge >= 0.3 is 0 Å². The Hall–Kier alpha value is -1.60. The standard InChI is InChI=1S/C16H23FN2O/c1-11(2)19-16(5,10-18)9-13(4)20-15-8-12(3)6-7-14(15)17/h6-8,11,13,19H,9H2,1-5H3. The summed E-state index contributed by atoms with van der Waals surface area (Å²) in [5.41, 5.74) is 0.255. The van der Waals surface area contributed by atoms with Gasteiger partial charge in [0.25, 0.3) is 0 Å². The van der Waals surface area contributed by atoms with Gasteiger partial charge in [0.05, 0.1) is 12.2 Å². The molecule has 0 fully saturated rings. The molecule has 110 valence electrons. The molecule has 0 aromatic heterocycles. The maximum atomic E-state index is 13.6. The zero-order valence-corrected chi connectivity index (χ0v) is 12.8. The molecule has 0 aliphatic rings. The van der Waals surface area contributed by atoms with Crippen molar-refractivity contribution in [2.75, 3.05) is 0 Å². The summed E-state index contributed by atoms with van der Waals surface area (Å²) in [4.78, 5) is 0. The van der Waals surface area contributed by atoms with E-state index < -0.39 is 5.54 Å². The number of halogens is 1. The van der Waals surface area contributed by atoms with Crippen molar-refractivity contribution < 1.29 is 9.13 Å². The number of hydrogen-bond acceptors (Lipinski definition) is 3. The van der Waals surface area contributed by atoms with Crippen LogP contribution in [0.5, 0.6) is 5.75 Å². The molecule has 2 atom stereocenters. The first-order valence-electron chi connectivity index (χ1n) is 6.87. The summed E-state index contributed by atoms with van der Waals surface area (Å²) in [5.74, 6) is -0.139. The molecule has 1 rings (SSSR count). The zero-order valence-electron chi connectivity index (χ0n) is 12.8. The molecule has 1 aromatic carbocycles. The van der Waals surface area contributed by atoms with E-state index in [0.717, 1.165) is 5.56 Å². The van der Waals surface area contributed by atoms with Crippen molar-refractivity contribution in [3.63, 3.8) is 0 Å². The van der Waals surface area contributed by atoms with Gasteiger partial charge < -0.3 is 4.74 Å². The van der Waals surface area contributed by atoms with Gasteiger partial charge in [0, 0.05) is 12.5 Å². The van der Waals surface area contributed by atoms with Crippen LogP contribution < -0.4 is 10.1 Å². The number of hydrogen-bond donors (Lipinski definition) is 1. The summed E-state index contributed by atoms with van der Waals surface area (Å²) in [6.45, 7) is 9.54. The minimum Gasteiger partial charge on any atom is -0.488 e. The van der Waals surface area contributed by atoms with Gasteiger partial charge in [-0.3, -0.25) is 5.32 Å². The molecular weight excluding hydrogens is 255 g/mol. The third kappa shape index (κ3) is 4.82. The van der Waals surface area contributed by atoms with E-state index in [-0.39, 0.29) is 23.7 Å². The molecule has 20 heavy (non-hydrogen) atoms. The Morgan fingerprint density at radius 3 is 2.60 bits per heavy atom. The van der Waals surface area contributed by atoms with Crippen molar-refractivity contribution in [3.8, 4) is 11.8 Å². The summed E-state index contributed by atoms with van der Waals surface area (Å²) in [6, 6.07) is 7.23. The predicted octanol–water partition coefficient (Wildman–Crippen LogP) is 3.57. The molecule has 0 aliphatic carbocycles. The maximum Gasteiger partial charge on any atom is 0.165 e. The Labute approximate surface area is 120 Å². The summed E-state index contributed by atoms with van der Waals surface area (Å²) < 4.78 is 19.3. The summed E-state index contributed by atoms with van der Waals surface area (Å²) >= 11 is 0. The van der Waals surface area contributed by atoms with Crippen LogP contribution in [0.25, 0.3) is 0 Å². The van der Waals surface area contributed by atoms with Gasteiger partial charge in [-0.2, -0.15) is 5.26 Å². The van der Waals surface area contributed by atoms with Gasteiger partial charge in [-0.15, -0.1) is 0 Å². The Morgan fingerprint density at radius 1 is 1.40 bits per heavy atom. The molecule has 0 spiro atoms. The van der Waals surface area contributed by atoms with E-state index in [1.165, 1.54) is 6.07 Å². The van der Waals surface area contributed by atoms with E-state index in [1.807, 2.05) is 34.6 Å². The topological polar surface area (TPSA) is 45.0 Å². The summed E-state index contributed by atoms with van der Waals surface area (Å²) in [7, 11) is 0. The third-order valence-electron chi connectivity index (χ3n) is 2.96. The highest BCUT2D eigenvalue weighted by Crippen LogP contribution is 2.22. The lowest BCUT2D eigenvalue weighted by molar-refractivity contribution is 0.169. The van der Waals surface area contributed by atoms with Crippen molar-refractivity contribution in [2.24, 2.45) is 0 Å². The normalized spacial score (nSPS) is 15.5. The molecule has 0 radical (unpaired) electrons. The molecule has 0 heterocycles. The van der Waals surface area contributed by atoms with Gasteiger partial charge in [0.2, 0.25) is 0 Å². The molecule has 1 N–H and O–H groups in total. The summed E-state index contributed by atoms with van der Waals surface area (Å²) in [5, 5.41) is 12.5. The maximum absolute atomic E-state index is 13.6. The van der Waals surface area contributed by atoms with Crippen LogP contribution in [0.4, 0.5) is 4.39 Å². The molecule has 3 nitrogen and oxygen atoms in total. The van der Waals surface area contributed by atoms with Crippen LogP contribution in [0.3, 0.4) is 0 Å². The zero-order chi connectivity index (χ0) is 15.3. The third-order valence-corrected chi connectivity index (χ3v) is 2.96. The van der Waals surface area contributed by atoms with Gasteiger partial charge in [0.15, 0.2) is 11.6 Å². The van der Waals surface area contributed by atoms with E-state index in [4.69, 9.17) is 4.74 Å². The monoisotopic (exact) mass is 278 g/mol. The fourth-order valence-electron chi connectivity index (χ4n) is 2.31. The second-order valence-electron chi connectivity index (χ2n) is 5.81. The van der Waals surface area contributed by atoms with Crippen molar-refractivity contribution in [1.82, 2.24) is 5.32 Å². The molecule has 0 amide bonds. The average Bonchev–Trinajstić information content (AvgIpc) is 2.32. The van der Waals surface area contributed by atoms with Crippen LogP contribution >= 0.6 is 0 Å². The molecule has 2 unspecified atom stereocenters.